The Bertz CT molecular complexity index is 930. The molecule has 0 atom stereocenters. The molecule has 0 bridgehead atoms. The van der Waals surface area contributed by atoms with Crippen LogP contribution in [0, 0.1) is 18.6 Å². The lowest BCUT2D eigenvalue weighted by Crippen LogP contribution is -2.26. The molecule has 3 rings (SSSR count). The summed E-state index contributed by atoms with van der Waals surface area (Å²) in [6, 6.07) is 0.679. The van der Waals surface area contributed by atoms with Crippen LogP contribution in [0.15, 0.2) is 29.1 Å². The first-order valence-corrected chi connectivity index (χ1v) is 7.08. The zero-order valence-corrected chi connectivity index (χ0v) is 13.0. The number of oxazole rings is 1. The molecule has 0 aliphatic carbocycles. The minimum atomic E-state index is -0.866. The molecule has 3 aromatic heterocycles. The van der Waals surface area contributed by atoms with E-state index in [1.165, 1.54) is 12.5 Å². The molecule has 0 spiro atoms. The molecule has 1 amide bonds. The Morgan fingerprint density at radius 1 is 1.32 bits per heavy atom. The number of nitrogens with one attached hydrogen (secondary N) is 1. The molecule has 0 fully saturated rings. The summed E-state index contributed by atoms with van der Waals surface area (Å²) in [6.07, 6.45) is 3.67. The topological polar surface area (TPSA) is 120 Å². The van der Waals surface area contributed by atoms with Crippen molar-refractivity contribution >= 4 is 11.7 Å². The van der Waals surface area contributed by atoms with Crippen molar-refractivity contribution in [3.63, 3.8) is 0 Å². The van der Waals surface area contributed by atoms with Crippen molar-refractivity contribution in [2.75, 3.05) is 5.73 Å². The van der Waals surface area contributed by atoms with Gasteiger partial charge in [-0.3, -0.25) is 9.78 Å². The van der Waals surface area contributed by atoms with Gasteiger partial charge in [-0.15, -0.1) is 0 Å². The van der Waals surface area contributed by atoms with Gasteiger partial charge in [0, 0.05) is 6.07 Å². The first kappa shape index (κ1) is 16.4. The van der Waals surface area contributed by atoms with Crippen LogP contribution in [0.2, 0.25) is 0 Å². The number of halogens is 2. The fourth-order valence-electron chi connectivity index (χ4n) is 2.06. The maximum atomic E-state index is 13.5. The number of aromatic nitrogens is 4. The monoisotopic (exact) mass is 346 g/mol. The predicted octanol–water partition coefficient (Wildman–Crippen LogP) is 1.63. The van der Waals surface area contributed by atoms with E-state index in [9.17, 15) is 13.6 Å². The summed E-state index contributed by atoms with van der Waals surface area (Å²) in [6.45, 7) is 1.36. The highest BCUT2D eigenvalue weighted by Crippen LogP contribution is 2.20. The summed E-state index contributed by atoms with van der Waals surface area (Å²) in [4.78, 5) is 27.9. The number of nitrogen functional groups attached to an aromatic ring is 1. The van der Waals surface area contributed by atoms with Crippen molar-refractivity contribution in [1.29, 1.82) is 0 Å². The van der Waals surface area contributed by atoms with Gasteiger partial charge in [0.05, 0.1) is 30.3 Å². The number of carbonyl (C=O) groups is 1. The summed E-state index contributed by atoms with van der Waals surface area (Å²) in [5.74, 6) is -2.25. The zero-order valence-electron chi connectivity index (χ0n) is 13.0. The molecule has 8 nitrogen and oxygen atoms in total. The maximum Gasteiger partial charge on any atom is 0.274 e. The predicted molar refractivity (Wildman–Crippen MR) is 82.0 cm³/mol. The van der Waals surface area contributed by atoms with Crippen molar-refractivity contribution in [3.05, 3.63) is 53.4 Å². The molecule has 0 aliphatic heterocycles. The van der Waals surface area contributed by atoms with E-state index in [1.807, 2.05) is 0 Å². The second-order valence-corrected chi connectivity index (χ2v) is 4.99. The molecule has 0 aromatic carbocycles. The average Bonchev–Trinajstić information content (AvgIpc) is 3.09. The maximum absolute atomic E-state index is 13.5. The first-order chi connectivity index (χ1) is 12.0. The fourth-order valence-corrected chi connectivity index (χ4v) is 2.06. The summed E-state index contributed by atoms with van der Waals surface area (Å²) < 4.78 is 31.5. The highest BCUT2D eigenvalue weighted by atomic mass is 19.1. The van der Waals surface area contributed by atoms with Crippen molar-refractivity contribution < 1.29 is 18.0 Å². The normalized spacial score (nSPS) is 10.7. The number of anilines is 1. The molecular formula is C15H12F2N6O2. The van der Waals surface area contributed by atoms with Crippen LogP contribution in [0.25, 0.3) is 11.6 Å². The molecule has 25 heavy (non-hydrogen) atoms. The number of hydrogen-bond acceptors (Lipinski definition) is 7. The third kappa shape index (κ3) is 3.42. The number of pyridine rings is 1. The Kier molecular flexibility index (Phi) is 4.33. The van der Waals surface area contributed by atoms with Crippen molar-refractivity contribution in [1.82, 2.24) is 25.3 Å². The van der Waals surface area contributed by atoms with Gasteiger partial charge in [-0.25, -0.2) is 23.7 Å². The van der Waals surface area contributed by atoms with Crippen molar-refractivity contribution in [2.45, 2.75) is 13.5 Å². The van der Waals surface area contributed by atoms with Gasteiger partial charge in [0.1, 0.15) is 23.6 Å². The van der Waals surface area contributed by atoms with Crippen LogP contribution in [0.5, 0.6) is 0 Å². The second kappa shape index (κ2) is 6.59. The zero-order chi connectivity index (χ0) is 18.0. The van der Waals surface area contributed by atoms with Crippen LogP contribution in [0.1, 0.15) is 21.9 Å². The molecule has 0 saturated heterocycles. The van der Waals surface area contributed by atoms with E-state index in [-0.39, 0.29) is 29.6 Å². The standard InChI is InChI=1S/C15H12F2N6O2/c1-7-11(15-19-2-3-25-15)23-13(18)12(22-7)14(24)21-6-10-9(17)4-8(16)5-20-10/h2-5H,6H2,1H3,(H2,18,23)(H,21,24). The summed E-state index contributed by atoms with van der Waals surface area (Å²) >= 11 is 0. The number of amides is 1. The van der Waals surface area contributed by atoms with Crippen LogP contribution >= 0.6 is 0 Å². The SMILES string of the molecule is Cc1nc(C(=O)NCc2ncc(F)cc2F)c(N)nc1-c1ncco1. The molecule has 3 N–H and O–H groups in total. The Morgan fingerprint density at radius 3 is 2.80 bits per heavy atom. The van der Waals surface area contributed by atoms with E-state index in [2.05, 4.69) is 25.3 Å². The highest BCUT2D eigenvalue weighted by Gasteiger charge is 2.19. The van der Waals surface area contributed by atoms with Crippen LogP contribution in [0.3, 0.4) is 0 Å². The number of carbonyl (C=O) groups excluding carboxylic acids is 1. The molecule has 0 radical (unpaired) electrons. The third-order valence-electron chi connectivity index (χ3n) is 3.25. The first-order valence-electron chi connectivity index (χ1n) is 7.08. The van der Waals surface area contributed by atoms with E-state index in [0.717, 1.165) is 6.20 Å². The van der Waals surface area contributed by atoms with Gasteiger partial charge in [-0.1, -0.05) is 0 Å². The van der Waals surface area contributed by atoms with Crippen LogP contribution in [0.4, 0.5) is 14.6 Å². The lowest BCUT2D eigenvalue weighted by atomic mass is 10.2. The number of hydrogen-bond donors (Lipinski definition) is 2. The average molecular weight is 346 g/mol. The number of nitrogens with two attached hydrogens (primary N) is 1. The molecule has 10 heteroatoms. The fraction of sp³-hybridized carbons (Fsp3) is 0.133. The molecule has 3 heterocycles. The summed E-state index contributed by atoms with van der Waals surface area (Å²) in [5.41, 5.74) is 6.22. The number of aryl methyl sites for hydroxylation is 1. The quantitative estimate of drug-likeness (QED) is 0.736. The van der Waals surface area contributed by atoms with Gasteiger partial charge in [-0.05, 0) is 6.92 Å². The van der Waals surface area contributed by atoms with E-state index in [1.54, 1.807) is 6.92 Å². The molecule has 0 aliphatic rings. The molecule has 128 valence electrons. The van der Waals surface area contributed by atoms with Gasteiger partial charge in [0.2, 0.25) is 5.89 Å². The van der Waals surface area contributed by atoms with Gasteiger partial charge < -0.3 is 15.5 Å². The molecule has 3 aromatic rings. The van der Waals surface area contributed by atoms with E-state index >= 15 is 0 Å². The van der Waals surface area contributed by atoms with E-state index in [4.69, 9.17) is 10.2 Å². The van der Waals surface area contributed by atoms with Crippen LogP contribution in [-0.2, 0) is 6.54 Å². The smallest absolute Gasteiger partial charge is 0.274 e. The van der Waals surface area contributed by atoms with Gasteiger partial charge in [0.25, 0.3) is 5.91 Å². The summed E-state index contributed by atoms with van der Waals surface area (Å²) in [7, 11) is 0. The van der Waals surface area contributed by atoms with Gasteiger partial charge in [-0.2, -0.15) is 0 Å². The van der Waals surface area contributed by atoms with E-state index in [0.29, 0.717) is 17.5 Å². The summed E-state index contributed by atoms with van der Waals surface area (Å²) in [5, 5.41) is 2.41. The van der Waals surface area contributed by atoms with Crippen molar-refractivity contribution in [3.8, 4) is 11.6 Å². The minimum absolute atomic E-state index is 0.116. The lowest BCUT2D eigenvalue weighted by Gasteiger charge is -2.09. The molecule has 0 unspecified atom stereocenters. The lowest BCUT2D eigenvalue weighted by molar-refractivity contribution is 0.0945. The highest BCUT2D eigenvalue weighted by molar-refractivity contribution is 5.96. The Morgan fingerprint density at radius 2 is 2.12 bits per heavy atom. The van der Waals surface area contributed by atoms with Crippen molar-refractivity contribution in [2.24, 2.45) is 0 Å². The Labute approximate surface area is 140 Å². The number of nitrogens with zero attached hydrogens (tertiary/aromatic N) is 4. The van der Waals surface area contributed by atoms with Gasteiger partial charge >= 0.3 is 0 Å². The third-order valence-corrected chi connectivity index (χ3v) is 3.25. The number of rotatable bonds is 4. The largest absolute Gasteiger partial charge is 0.443 e. The Hall–Kier alpha value is -3.43. The van der Waals surface area contributed by atoms with Crippen LogP contribution < -0.4 is 11.1 Å². The minimum Gasteiger partial charge on any atom is -0.443 e. The van der Waals surface area contributed by atoms with Gasteiger partial charge in [0.15, 0.2) is 11.5 Å². The second-order valence-electron chi connectivity index (χ2n) is 4.99. The van der Waals surface area contributed by atoms with Crippen LogP contribution in [-0.4, -0.2) is 25.8 Å². The molecule has 0 saturated carbocycles. The van der Waals surface area contributed by atoms with E-state index < -0.39 is 17.5 Å². The Balaban J connectivity index is 1.79. The molecular weight excluding hydrogens is 334 g/mol.